The fourth-order valence-electron chi connectivity index (χ4n) is 4.94. The van der Waals surface area contributed by atoms with Crippen LogP contribution >= 0.6 is 0 Å². The van der Waals surface area contributed by atoms with Crippen LogP contribution in [0.3, 0.4) is 0 Å². The molecule has 2 aromatic carbocycles. The Morgan fingerprint density at radius 3 is 2.55 bits per heavy atom. The van der Waals surface area contributed by atoms with Gasteiger partial charge in [-0.1, -0.05) is 18.2 Å². The van der Waals surface area contributed by atoms with E-state index in [0.29, 0.717) is 40.5 Å². The third-order valence-corrected chi connectivity index (χ3v) is 7.12. The highest BCUT2D eigenvalue weighted by atomic mass is 19.4. The molecule has 3 heterocycles. The summed E-state index contributed by atoms with van der Waals surface area (Å²) in [6, 6.07) is 17.0. The van der Waals surface area contributed by atoms with E-state index < -0.39 is 18.6 Å². The summed E-state index contributed by atoms with van der Waals surface area (Å²) in [4.78, 5) is 42.6. The summed E-state index contributed by atoms with van der Waals surface area (Å²) in [6.45, 7) is 4.01. The van der Waals surface area contributed by atoms with Crippen molar-refractivity contribution >= 4 is 16.8 Å². The van der Waals surface area contributed by atoms with Crippen LogP contribution in [0.25, 0.3) is 16.6 Å². The van der Waals surface area contributed by atoms with Gasteiger partial charge in [0.25, 0.3) is 5.56 Å². The van der Waals surface area contributed by atoms with Gasteiger partial charge in [0.2, 0.25) is 5.91 Å². The maximum Gasteiger partial charge on any atom is 0.390 e. The number of para-hydroxylation sites is 1. The van der Waals surface area contributed by atoms with Gasteiger partial charge in [0.1, 0.15) is 11.6 Å². The van der Waals surface area contributed by atoms with E-state index in [9.17, 15) is 22.8 Å². The summed E-state index contributed by atoms with van der Waals surface area (Å²) in [6.07, 6.45) is 0.538. The van der Waals surface area contributed by atoms with E-state index in [4.69, 9.17) is 9.72 Å². The molecule has 1 atom stereocenters. The van der Waals surface area contributed by atoms with Gasteiger partial charge in [-0.3, -0.25) is 19.1 Å². The average molecular weight is 605 g/mol. The topological polar surface area (TPSA) is 95.1 Å². The van der Waals surface area contributed by atoms with Gasteiger partial charge in [-0.15, -0.1) is 0 Å². The summed E-state index contributed by atoms with van der Waals surface area (Å²) in [5.74, 6) is 0.643. The largest absolute Gasteiger partial charge is 0.494 e. The summed E-state index contributed by atoms with van der Waals surface area (Å²) < 4.78 is 46.6. The Morgan fingerprint density at radius 2 is 1.84 bits per heavy atom. The van der Waals surface area contributed by atoms with Gasteiger partial charge in [0.15, 0.2) is 0 Å². The second kappa shape index (κ2) is 13.1. The van der Waals surface area contributed by atoms with Gasteiger partial charge in [0.05, 0.1) is 54.1 Å². The Balaban J connectivity index is 1.54. The molecule has 0 saturated heterocycles. The smallest absolute Gasteiger partial charge is 0.390 e. The third-order valence-electron chi connectivity index (χ3n) is 7.12. The molecule has 12 heteroatoms. The third kappa shape index (κ3) is 7.13. The number of aryl methyl sites for hydroxylation is 1. The van der Waals surface area contributed by atoms with Crippen LogP contribution < -0.4 is 10.3 Å². The first-order valence-electron chi connectivity index (χ1n) is 14.1. The van der Waals surface area contributed by atoms with Crippen LogP contribution in [-0.4, -0.2) is 47.7 Å². The summed E-state index contributed by atoms with van der Waals surface area (Å²) in [7, 11) is 0. The van der Waals surface area contributed by atoms with E-state index in [2.05, 4.69) is 9.97 Å². The van der Waals surface area contributed by atoms with Crippen molar-refractivity contribution in [2.45, 2.75) is 52.0 Å². The molecule has 0 unspecified atom stereocenters. The number of hydrogen-bond donors (Lipinski definition) is 0. The van der Waals surface area contributed by atoms with Gasteiger partial charge in [-0.2, -0.15) is 13.2 Å². The van der Waals surface area contributed by atoms with Crippen molar-refractivity contribution in [3.63, 3.8) is 0 Å². The highest BCUT2D eigenvalue weighted by Crippen LogP contribution is 2.26. The van der Waals surface area contributed by atoms with Crippen LogP contribution in [0.2, 0.25) is 0 Å². The minimum absolute atomic E-state index is 0.147. The van der Waals surface area contributed by atoms with Crippen molar-refractivity contribution in [3.05, 3.63) is 113 Å². The number of ether oxygens (including phenoxy) is 1. The molecular formula is C32H31F3N6O3. The van der Waals surface area contributed by atoms with E-state index in [1.807, 2.05) is 13.0 Å². The van der Waals surface area contributed by atoms with Gasteiger partial charge in [0, 0.05) is 31.7 Å². The Bertz CT molecular complexity index is 1790. The number of aromatic nitrogens is 5. The molecule has 0 aliphatic rings. The molecule has 5 rings (SSSR count). The number of pyridine rings is 1. The predicted molar refractivity (Wildman–Crippen MR) is 158 cm³/mol. The van der Waals surface area contributed by atoms with E-state index in [0.717, 1.165) is 5.56 Å². The van der Waals surface area contributed by atoms with Crippen LogP contribution in [0, 0.1) is 0 Å². The Kier molecular flexibility index (Phi) is 9.07. The second-order valence-corrected chi connectivity index (χ2v) is 10.3. The minimum atomic E-state index is -4.30. The standard InChI is InChI=1S/C32H31F3N6O3/c1-3-44-26-12-10-25(11-13-26)41-30(38-28-9-5-4-8-27(28)31(41)43)22(2)40(19-23-7-6-15-36-18-23)29(42)17-24-20-39(21-37-24)16-14-32(33,34)35/h4-13,15,18,20-22H,3,14,16-17,19H2,1-2H3/t22-/m1/s1. The lowest BCUT2D eigenvalue weighted by atomic mass is 10.1. The number of carbonyl (C=O) groups is 1. The molecule has 228 valence electrons. The van der Waals surface area contributed by atoms with Gasteiger partial charge in [-0.25, -0.2) is 9.97 Å². The van der Waals surface area contributed by atoms with Gasteiger partial charge in [-0.05, 0) is 61.9 Å². The number of benzene rings is 2. The number of rotatable bonds is 11. The number of hydrogen-bond acceptors (Lipinski definition) is 6. The van der Waals surface area contributed by atoms with Crippen molar-refractivity contribution in [1.82, 2.24) is 29.0 Å². The number of alkyl halides is 3. The van der Waals surface area contributed by atoms with Crippen molar-refractivity contribution in [3.8, 4) is 11.4 Å². The maximum absolute atomic E-state index is 13.9. The van der Waals surface area contributed by atoms with Crippen LogP contribution in [0.5, 0.6) is 5.75 Å². The summed E-state index contributed by atoms with van der Waals surface area (Å²) in [5.41, 5.74) is 1.82. The van der Waals surface area contributed by atoms with E-state index in [-0.39, 0.29) is 31.0 Å². The lowest BCUT2D eigenvalue weighted by Gasteiger charge is -2.30. The maximum atomic E-state index is 13.9. The fraction of sp³-hybridized carbons (Fsp3) is 0.281. The number of fused-ring (bicyclic) bond motifs is 1. The fourth-order valence-corrected chi connectivity index (χ4v) is 4.94. The van der Waals surface area contributed by atoms with Gasteiger partial charge >= 0.3 is 6.18 Å². The Morgan fingerprint density at radius 1 is 1.07 bits per heavy atom. The molecule has 0 spiro atoms. The molecular weight excluding hydrogens is 573 g/mol. The molecule has 0 radical (unpaired) electrons. The average Bonchev–Trinajstić information content (AvgIpc) is 3.46. The highest BCUT2D eigenvalue weighted by molar-refractivity contribution is 5.80. The Hall–Kier alpha value is -5.00. The normalized spacial score (nSPS) is 12.3. The zero-order valence-electron chi connectivity index (χ0n) is 24.2. The quantitative estimate of drug-likeness (QED) is 0.193. The number of halogens is 3. The monoisotopic (exact) mass is 604 g/mol. The van der Waals surface area contributed by atoms with Gasteiger partial charge < -0.3 is 14.2 Å². The molecule has 0 N–H and O–H groups in total. The first-order valence-corrected chi connectivity index (χ1v) is 14.1. The number of amides is 1. The molecule has 9 nitrogen and oxygen atoms in total. The van der Waals surface area contributed by atoms with E-state index in [1.54, 1.807) is 78.8 Å². The molecule has 0 aliphatic carbocycles. The first kappa shape index (κ1) is 30.5. The molecule has 1 amide bonds. The number of nitrogens with zero attached hydrogens (tertiary/aromatic N) is 6. The highest BCUT2D eigenvalue weighted by Gasteiger charge is 2.29. The van der Waals surface area contributed by atoms with Crippen LogP contribution in [0.1, 0.15) is 43.4 Å². The van der Waals surface area contributed by atoms with Crippen molar-refractivity contribution < 1.29 is 22.7 Å². The molecule has 0 bridgehead atoms. The first-order chi connectivity index (χ1) is 21.1. The van der Waals surface area contributed by atoms with Crippen LogP contribution in [0.4, 0.5) is 13.2 Å². The number of imidazole rings is 1. The minimum Gasteiger partial charge on any atom is -0.494 e. The SMILES string of the molecule is CCOc1ccc(-n2c([C@@H](C)N(Cc3cccnc3)C(=O)Cc3cn(CCC(F)(F)F)cn3)nc3ccccc3c2=O)cc1. The molecule has 3 aromatic heterocycles. The zero-order chi connectivity index (χ0) is 31.3. The predicted octanol–water partition coefficient (Wildman–Crippen LogP) is 5.66. The molecule has 0 fully saturated rings. The lowest BCUT2D eigenvalue weighted by molar-refractivity contribution is -0.137. The van der Waals surface area contributed by atoms with E-state index in [1.165, 1.54) is 21.7 Å². The summed E-state index contributed by atoms with van der Waals surface area (Å²) >= 11 is 0. The van der Waals surface area contributed by atoms with Crippen molar-refractivity contribution in [1.29, 1.82) is 0 Å². The van der Waals surface area contributed by atoms with E-state index >= 15 is 0 Å². The summed E-state index contributed by atoms with van der Waals surface area (Å²) in [5, 5.41) is 0.423. The van der Waals surface area contributed by atoms with Crippen molar-refractivity contribution in [2.75, 3.05) is 6.61 Å². The molecule has 0 aliphatic heterocycles. The van der Waals surface area contributed by atoms with Crippen LogP contribution in [-0.2, 0) is 24.3 Å². The second-order valence-electron chi connectivity index (χ2n) is 10.3. The molecule has 5 aromatic rings. The molecule has 0 saturated carbocycles. The van der Waals surface area contributed by atoms with Crippen LogP contribution in [0.15, 0.2) is 90.4 Å². The molecule has 44 heavy (non-hydrogen) atoms. The zero-order valence-corrected chi connectivity index (χ0v) is 24.2. The van der Waals surface area contributed by atoms with Crippen molar-refractivity contribution in [2.24, 2.45) is 0 Å². The lowest BCUT2D eigenvalue weighted by Crippen LogP contribution is -2.38. The Labute approximate surface area is 251 Å². The number of carbonyl (C=O) groups excluding carboxylic acids is 1.